The molecular formula is C38H28N6O2. The predicted octanol–water partition coefficient (Wildman–Crippen LogP) is 9.25. The molecule has 8 heteroatoms. The van der Waals surface area contributed by atoms with Crippen molar-refractivity contribution in [3.05, 3.63) is 146 Å². The summed E-state index contributed by atoms with van der Waals surface area (Å²) in [5.74, 6) is 3.07. The molecule has 0 aliphatic heterocycles. The zero-order valence-electron chi connectivity index (χ0n) is 24.6. The van der Waals surface area contributed by atoms with Crippen molar-refractivity contribution >= 4 is 33.4 Å². The molecule has 2 heterocycles. The summed E-state index contributed by atoms with van der Waals surface area (Å²) in [5, 5.41) is 0. The van der Waals surface area contributed by atoms with Gasteiger partial charge in [0.1, 0.15) is 11.6 Å². The number of aromatic amines is 2. The first-order valence-electron chi connectivity index (χ1n) is 14.9. The summed E-state index contributed by atoms with van der Waals surface area (Å²) in [6.07, 6.45) is 0. The number of hydrogen-bond donors (Lipinski definition) is 4. The van der Waals surface area contributed by atoms with E-state index >= 15 is 0 Å². The second kappa shape index (κ2) is 11.9. The van der Waals surface area contributed by atoms with Gasteiger partial charge in [0.2, 0.25) is 0 Å². The summed E-state index contributed by atoms with van der Waals surface area (Å²) in [6, 6.07) is 47.8. The molecule has 4 N–H and O–H groups in total. The lowest BCUT2D eigenvalue weighted by molar-refractivity contribution is 0.405. The Labute approximate surface area is 264 Å². The van der Waals surface area contributed by atoms with Gasteiger partial charge in [-0.05, 0) is 108 Å². The Morgan fingerprint density at radius 1 is 0.391 bits per heavy atom. The summed E-state index contributed by atoms with van der Waals surface area (Å²) < 4.78 is 0. The lowest BCUT2D eigenvalue weighted by atomic mass is 10.1. The van der Waals surface area contributed by atoms with E-state index in [1.807, 2.05) is 121 Å². The molecule has 8 nitrogen and oxygen atoms in total. The Morgan fingerprint density at radius 2 is 0.761 bits per heavy atom. The summed E-state index contributed by atoms with van der Waals surface area (Å²) in [4.78, 5) is 27.6. The summed E-state index contributed by atoms with van der Waals surface area (Å²) in [5.41, 5.74) is 15.9. The van der Waals surface area contributed by atoms with Gasteiger partial charge in [0.05, 0.1) is 33.4 Å². The van der Waals surface area contributed by atoms with Gasteiger partial charge < -0.3 is 19.6 Å². The van der Waals surface area contributed by atoms with Crippen LogP contribution < -0.4 is 20.6 Å². The van der Waals surface area contributed by atoms with Crippen molar-refractivity contribution in [2.24, 2.45) is 0 Å². The van der Waals surface area contributed by atoms with Crippen LogP contribution in [0, 0.1) is 0 Å². The van der Waals surface area contributed by atoms with Gasteiger partial charge in [0.15, 0.2) is 11.5 Å². The van der Waals surface area contributed by atoms with Crippen molar-refractivity contribution in [1.82, 2.24) is 19.9 Å². The maximum absolute atomic E-state index is 5.80. The lowest BCUT2D eigenvalue weighted by Gasteiger charge is -2.11. The molecule has 8 aromatic rings. The van der Waals surface area contributed by atoms with E-state index in [2.05, 4.69) is 55.2 Å². The van der Waals surface area contributed by atoms with Crippen molar-refractivity contribution in [1.29, 1.82) is 0 Å². The largest absolute Gasteiger partial charge is 0.382 e. The molecule has 0 unspecified atom stereocenters. The monoisotopic (exact) mass is 600 g/mol. The number of rotatable bonds is 9. The third-order valence-corrected chi connectivity index (χ3v) is 7.71. The zero-order chi connectivity index (χ0) is 30.7. The Hall–Kier alpha value is -6.54. The van der Waals surface area contributed by atoms with Gasteiger partial charge in [0.25, 0.3) is 0 Å². The second-order valence-corrected chi connectivity index (χ2v) is 10.8. The van der Waals surface area contributed by atoms with Crippen LogP contribution in [0.25, 0.3) is 56.0 Å². The topological polar surface area (TPSA) is 99.9 Å². The number of fused-ring (bicyclic) bond motifs is 2. The lowest BCUT2D eigenvalue weighted by Crippen LogP contribution is -2.04. The number of anilines is 2. The SMILES string of the molecule is c1ccc2[nH]c(-c3ccc(ONc4ccc(-c5ccc(NOc6ccc(-c7nc8ccccc8[nH]7)cc6)cc5)cc4)cc3)nc2c1. The first-order valence-corrected chi connectivity index (χ1v) is 14.9. The van der Waals surface area contributed by atoms with Crippen LogP contribution in [0.1, 0.15) is 0 Å². The Balaban J connectivity index is 0.840. The van der Waals surface area contributed by atoms with E-state index in [0.29, 0.717) is 11.5 Å². The maximum Gasteiger partial charge on any atom is 0.155 e. The minimum atomic E-state index is 0.705. The van der Waals surface area contributed by atoms with E-state index in [9.17, 15) is 0 Å². The standard InChI is InChI=1S/C38H28N6O2/c1-2-6-34-33(5-1)39-37(40-34)27-13-21-31(22-14-27)45-43-29-17-9-25(10-18-29)26-11-19-30(20-12-26)44-46-32-23-15-28(16-24-32)38-41-35-7-3-4-8-36(35)42-38/h1-24,43-44H,(H,39,40)(H,41,42). The molecule has 0 radical (unpaired) electrons. The first kappa shape index (κ1) is 27.0. The van der Waals surface area contributed by atoms with Crippen LogP contribution in [0.5, 0.6) is 11.5 Å². The van der Waals surface area contributed by atoms with E-state index < -0.39 is 0 Å². The van der Waals surface area contributed by atoms with Crippen LogP contribution in [-0.4, -0.2) is 19.9 Å². The Bertz CT molecular complexity index is 2010. The molecule has 2 aromatic heterocycles. The fourth-order valence-corrected chi connectivity index (χ4v) is 5.24. The van der Waals surface area contributed by atoms with Crippen molar-refractivity contribution < 1.29 is 9.68 Å². The van der Waals surface area contributed by atoms with Crippen molar-refractivity contribution in [3.63, 3.8) is 0 Å². The molecule has 0 fully saturated rings. The number of benzene rings is 6. The third-order valence-electron chi connectivity index (χ3n) is 7.71. The highest BCUT2D eigenvalue weighted by Gasteiger charge is 2.07. The molecule has 0 saturated carbocycles. The molecule has 6 aromatic carbocycles. The number of nitrogens with one attached hydrogen (secondary N) is 4. The number of para-hydroxylation sites is 4. The van der Waals surface area contributed by atoms with Gasteiger partial charge in [-0.2, -0.15) is 0 Å². The van der Waals surface area contributed by atoms with E-state index in [1.54, 1.807) is 0 Å². The minimum absolute atomic E-state index is 0.705. The molecular weight excluding hydrogens is 572 g/mol. The molecule has 0 amide bonds. The Morgan fingerprint density at radius 3 is 1.15 bits per heavy atom. The third kappa shape index (κ3) is 5.70. The van der Waals surface area contributed by atoms with Crippen molar-refractivity contribution in [3.8, 4) is 45.4 Å². The number of hydrogen-bond acceptors (Lipinski definition) is 6. The molecule has 8 rings (SSSR count). The average Bonchev–Trinajstić information content (AvgIpc) is 3.76. The summed E-state index contributed by atoms with van der Waals surface area (Å²) >= 11 is 0. The fourth-order valence-electron chi connectivity index (χ4n) is 5.24. The highest BCUT2D eigenvalue weighted by Crippen LogP contribution is 2.27. The van der Waals surface area contributed by atoms with Crippen LogP contribution in [0.3, 0.4) is 0 Å². The second-order valence-electron chi connectivity index (χ2n) is 10.8. The zero-order valence-corrected chi connectivity index (χ0v) is 24.6. The van der Waals surface area contributed by atoms with Crippen LogP contribution in [-0.2, 0) is 0 Å². The van der Waals surface area contributed by atoms with E-state index in [-0.39, 0.29) is 0 Å². The van der Waals surface area contributed by atoms with Gasteiger partial charge >= 0.3 is 0 Å². The quantitative estimate of drug-likeness (QED) is 0.123. The maximum atomic E-state index is 5.80. The van der Waals surface area contributed by atoms with Crippen molar-refractivity contribution in [2.45, 2.75) is 0 Å². The first-order chi connectivity index (χ1) is 22.7. The number of aromatic nitrogens is 4. The minimum Gasteiger partial charge on any atom is -0.382 e. The molecule has 0 spiro atoms. The molecule has 0 aliphatic rings. The summed E-state index contributed by atoms with van der Waals surface area (Å²) in [7, 11) is 0. The number of nitrogens with zero attached hydrogens (tertiary/aromatic N) is 2. The number of imidazole rings is 2. The van der Waals surface area contributed by atoms with Crippen LogP contribution >= 0.6 is 0 Å². The smallest absolute Gasteiger partial charge is 0.155 e. The van der Waals surface area contributed by atoms with Gasteiger partial charge in [-0.25, -0.2) is 20.9 Å². The molecule has 0 bridgehead atoms. The summed E-state index contributed by atoms with van der Waals surface area (Å²) in [6.45, 7) is 0. The van der Waals surface area contributed by atoms with E-state index in [0.717, 1.165) is 67.3 Å². The van der Waals surface area contributed by atoms with Gasteiger partial charge in [-0.15, -0.1) is 0 Å². The van der Waals surface area contributed by atoms with Crippen LogP contribution in [0.4, 0.5) is 11.4 Å². The highest BCUT2D eigenvalue weighted by molar-refractivity contribution is 5.80. The molecule has 222 valence electrons. The normalized spacial score (nSPS) is 11.0. The fraction of sp³-hybridized carbons (Fsp3) is 0. The highest BCUT2D eigenvalue weighted by atomic mass is 16.6. The van der Waals surface area contributed by atoms with E-state index in [4.69, 9.17) is 9.68 Å². The molecule has 46 heavy (non-hydrogen) atoms. The van der Waals surface area contributed by atoms with E-state index in [1.165, 1.54) is 0 Å². The van der Waals surface area contributed by atoms with Crippen molar-refractivity contribution in [2.75, 3.05) is 11.0 Å². The van der Waals surface area contributed by atoms with Crippen LogP contribution in [0.15, 0.2) is 146 Å². The van der Waals surface area contributed by atoms with Crippen LogP contribution in [0.2, 0.25) is 0 Å². The Kier molecular flexibility index (Phi) is 6.97. The number of H-pyrrole nitrogens is 2. The molecule has 0 atom stereocenters. The van der Waals surface area contributed by atoms with Gasteiger partial charge in [-0.1, -0.05) is 48.5 Å². The average molecular weight is 601 g/mol. The molecule has 0 saturated heterocycles. The van der Waals surface area contributed by atoms with Gasteiger partial charge in [-0.3, -0.25) is 0 Å². The van der Waals surface area contributed by atoms with Gasteiger partial charge in [0, 0.05) is 11.1 Å². The molecule has 0 aliphatic carbocycles. The predicted molar refractivity (Wildman–Crippen MR) is 183 cm³/mol.